The first-order valence-electron chi connectivity index (χ1n) is 10.9. The number of aliphatic imine (C=N–C) groups is 1. The first-order valence-corrected chi connectivity index (χ1v) is 10.9. The van der Waals surface area contributed by atoms with Crippen LogP contribution in [0, 0.1) is 5.92 Å². The second kappa shape index (κ2) is 15.7. The molecule has 6 nitrogen and oxygen atoms in total. The molecule has 0 aliphatic carbocycles. The van der Waals surface area contributed by atoms with Gasteiger partial charge >= 0.3 is 6.18 Å². The number of rotatable bonds is 14. The Bertz CT molecular complexity index is 428. The molecular formula is C20H39F3N4O2. The van der Waals surface area contributed by atoms with Gasteiger partial charge in [-0.25, -0.2) is 0 Å². The molecule has 0 saturated carbocycles. The molecule has 1 heterocycles. The van der Waals surface area contributed by atoms with Gasteiger partial charge < -0.3 is 20.1 Å². The van der Waals surface area contributed by atoms with E-state index < -0.39 is 12.7 Å². The van der Waals surface area contributed by atoms with Crippen LogP contribution in [0.5, 0.6) is 0 Å². The van der Waals surface area contributed by atoms with Crippen LogP contribution >= 0.6 is 0 Å². The van der Waals surface area contributed by atoms with Crippen LogP contribution in [-0.4, -0.2) is 82.7 Å². The minimum Gasteiger partial charge on any atom is -0.379 e. The summed E-state index contributed by atoms with van der Waals surface area (Å²) in [7, 11) is 0. The fourth-order valence-electron chi connectivity index (χ4n) is 3.20. The number of hydrogen-bond acceptors (Lipinski definition) is 4. The average molecular weight is 425 g/mol. The molecule has 1 saturated heterocycles. The largest absolute Gasteiger partial charge is 0.401 e. The third-order valence-electron chi connectivity index (χ3n) is 4.81. The monoisotopic (exact) mass is 424 g/mol. The Hall–Kier alpha value is -1.06. The Labute approximate surface area is 173 Å². The molecule has 0 atom stereocenters. The van der Waals surface area contributed by atoms with Crippen molar-refractivity contribution in [1.29, 1.82) is 0 Å². The summed E-state index contributed by atoms with van der Waals surface area (Å²) in [6, 6.07) is 0. The van der Waals surface area contributed by atoms with Crippen LogP contribution in [0.25, 0.3) is 0 Å². The maximum Gasteiger partial charge on any atom is 0.401 e. The average Bonchev–Trinajstić information content (AvgIpc) is 2.67. The Balaban J connectivity index is 2.13. The summed E-state index contributed by atoms with van der Waals surface area (Å²) in [6.45, 7) is 9.08. The van der Waals surface area contributed by atoms with Gasteiger partial charge in [-0.3, -0.25) is 9.89 Å². The van der Waals surface area contributed by atoms with Crippen molar-refractivity contribution in [3.63, 3.8) is 0 Å². The normalized spacial score (nSPS) is 16.9. The molecule has 9 heteroatoms. The highest BCUT2D eigenvalue weighted by molar-refractivity contribution is 5.79. The molecule has 0 aromatic carbocycles. The Morgan fingerprint density at radius 3 is 2.34 bits per heavy atom. The van der Waals surface area contributed by atoms with Crippen LogP contribution < -0.4 is 10.6 Å². The van der Waals surface area contributed by atoms with Crippen LogP contribution in [0.15, 0.2) is 4.99 Å². The third-order valence-corrected chi connectivity index (χ3v) is 4.81. The minimum atomic E-state index is -4.10. The van der Waals surface area contributed by atoms with Gasteiger partial charge in [0.05, 0.1) is 26.4 Å². The number of ether oxygens (including phenoxy) is 2. The fraction of sp³-hybridized carbons (Fsp3) is 0.950. The van der Waals surface area contributed by atoms with Gasteiger partial charge in [0.15, 0.2) is 5.96 Å². The van der Waals surface area contributed by atoms with Crippen molar-refractivity contribution in [3.05, 3.63) is 0 Å². The summed E-state index contributed by atoms with van der Waals surface area (Å²) in [5.74, 6) is 1.20. The molecule has 0 spiro atoms. The van der Waals surface area contributed by atoms with Crippen molar-refractivity contribution in [2.75, 3.05) is 65.7 Å². The first-order chi connectivity index (χ1) is 13.9. The van der Waals surface area contributed by atoms with Gasteiger partial charge in [0.1, 0.15) is 0 Å². The molecule has 1 rings (SSSR count). The lowest BCUT2D eigenvalue weighted by Gasteiger charge is -2.32. The molecule has 29 heavy (non-hydrogen) atoms. The van der Waals surface area contributed by atoms with Crippen LogP contribution in [-0.2, 0) is 9.47 Å². The van der Waals surface area contributed by atoms with Gasteiger partial charge in [0.2, 0.25) is 0 Å². The van der Waals surface area contributed by atoms with E-state index in [4.69, 9.17) is 9.47 Å². The van der Waals surface area contributed by atoms with E-state index >= 15 is 0 Å². The number of guanidine groups is 1. The highest BCUT2D eigenvalue weighted by Gasteiger charge is 2.32. The highest BCUT2D eigenvalue weighted by Crippen LogP contribution is 2.24. The van der Waals surface area contributed by atoms with Crippen molar-refractivity contribution in [3.8, 4) is 0 Å². The van der Waals surface area contributed by atoms with Crippen molar-refractivity contribution in [2.24, 2.45) is 10.9 Å². The van der Waals surface area contributed by atoms with Gasteiger partial charge in [-0.05, 0) is 51.6 Å². The number of alkyl halides is 3. The molecule has 0 unspecified atom stereocenters. The molecule has 0 aromatic rings. The first kappa shape index (κ1) is 26.0. The molecule has 1 fully saturated rings. The smallest absolute Gasteiger partial charge is 0.379 e. The quantitative estimate of drug-likeness (QED) is 0.255. The lowest BCUT2D eigenvalue weighted by molar-refractivity contribution is -0.148. The molecule has 2 N–H and O–H groups in total. The highest BCUT2D eigenvalue weighted by atomic mass is 19.4. The lowest BCUT2D eigenvalue weighted by atomic mass is 9.93. The third kappa shape index (κ3) is 14.5. The van der Waals surface area contributed by atoms with Crippen molar-refractivity contribution < 1.29 is 22.6 Å². The van der Waals surface area contributed by atoms with E-state index in [9.17, 15) is 13.2 Å². The summed E-state index contributed by atoms with van der Waals surface area (Å²) in [6.07, 6.45) is 0.635. The van der Waals surface area contributed by atoms with E-state index in [0.29, 0.717) is 51.9 Å². The second-order valence-electron chi connectivity index (χ2n) is 7.39. The minimum absolute atomic E-state index is 0.446. The number of halogens is 3. The number of hydrogen-bond donors (Lipinski definition) is 2. The van der Waals surface area contributed by atoms with Crippen molar-refractivity contribution in [1.82, 2.24) is 15.5 Å². The Morgan fingerprint density at radius 1 is 1.03 bits per heavy atom. The van der Waals surface area contributed by atoms with E-state index in [2.05, 4.69) is 22.5 Å². The number of likely N-dealkylation sites (tertiary alicyclic amines) is 1. The van der Waals surface area contributed by atoms with Crippen molar-refractivity contribution >= 4 is 5.96 Å². The SMILES string of the molecule is CCCCOCCOCCNC(=NCCC1CCN(CC(F)(F)F)CC1)NCC. The van der Waals surface area contributed by atoms with E-state index in [1.807, 2.05) is 6.92 Å². The molecule has 1 aliphatic rings. The van der Waals surface area contributed by atoms with E-state index in [1.165, 1.54) is 4.90 Å². The van der Waals surface area contributed by atoms with Crippen molar-refractivity contribution in [2.45, 2.75) is 52.1 Å². The molecule has 0 radical (unpaired) electrons. The number of nitrogens with one attached hydrogen (secondary N) is 2. The maximum atomic E-state index is 12.4. The summed E-state index contributed by atoms with van der Waals surface area (Å²) in [4.78, 5) is 6.07. The molecular weight excluding hydrogens is 385 g/mol. The van der Waals surface area contributed by atoms with Gasteiger partial charge in [-0.2, -0.15) is 13.2 Å². The van der Waals surface area contributed by atoms with Crippen LogP contribution in [0.3, 0.4) is 0 Å². The van der Waals surface area contributed by atoms with E-state index in [1.54, 1.807) is 0 Å². The van der Waals surface area contributed by atoms with Gasteiger partial charge in [0, 0.05) is 26.2 Å². The number of piperidine rings is 1. The summed E-state index contributed by atoms with van der Waals surface area (Å²) >= 11 is 0. The van der Waals surface area contributed by atoms with E-state index in [-0.39, 0.29) is 0 Å². The standard InChI is InChI=1S/C20H39F3N4O2/c1-3-5-13-28-15-16-29-14-10-26-19(24-4-2)25-9-6-18-7-11-27(12-8-18)17-20(21,22)23/h18H,3-17H2,1-2H3,(H2,24,25,26). The Morgan fingerprint density at radius 2 is 1.72 bits per heavy atom. The zero-order valence-corrected chi connectivity index (χ0v) is 18.0. The number of unbranched alkanes of at least 4 members (excludes halogenated alkanes) is 1. The second-order valence-corrected chi connectivity index (χ2v) is 7.39. The molecule has 0 bridgehead atoms. The molecule has 1 aliphatic heterocycles. The predicted molar refractivity (Wildman–Crippen MR) is 110 cm³/mol. The summed E-state index contributed by atoms with van der Waals surface area (Å²) < 4.78 is 48.3. The molecule has 0 aromatic heterocycles. The summed E-state index contributed by atoms with van der Waals surface area (Å²) in [5, 5.41) is 6.45. The predicted octanol–water partition coefficient (Wildman–Crippen LogP) is 3.04. The number of nitrogens with zero attached hydrogens (tertiary/aromatic N) is 2. The zero-order chi connectivity index (χ0) is 21.4. The molecule has 0 amide bonds. The summed E-state index contributed by atoms with van der Waals surface area (Å²) in [5.41, 5.74) is 0. The van der Waals surface area contributed by atoms with Gasteiger partial charge in [-0.1, -0.05) is 13.3 Å². The van der Waals surface area contributed by atoms with Crippen LogP contribution in [0.1, 0.15) is 46.0 Å². The van der Waals surface area contributed by atoms with Crippen LogP contribution in [0.4, 0.5) is 13.2 Å². The zero-order valence-electron chi connectivity index (χ0n) is 18.0. The van der Waals surface area contributed by atoms with Gasteiger partial charge in [0.25, 0.3) is 0 Å². The Kier molecular flexibility index (Phi) is 14.1. The van der Waals surface area contributed by atoms with E-state index in [0.717, 1.165) is 51.2 Å². The van der Waals surface area contributed by atoms with Gasteiger partial charge in [-0.15, -0.1) is 0 Å². The topological polar surface area (TPSA) is 58.1 Å². The lowest BCUT2D eigenvalue weighted by Crippen LogP contribution is -2.40. The fourth-order valence-corrected chi connectivity index (χ4v) is 3.20. The molecule has 172 valence electrons. The maximum absolute atomic E-state index is 12.4. The van der Waals surface area contributed by atoms with Crippen LogP contribution in [0.2, 0.25) is 0 Å².